The number of anilines is 2. The lowest BCUT2D eigenvalue weighted by atomic mass is 9.91. The van der Waals surface area contributed by atoms with Crippen molar-refractivity contribution in [2.45, 2.75) is 5.92 Å². The number of carbonyl (C=O) groups is 2. The number of aromatic nitrogens is 2. The van der Waals surface area contributed by atoms with Gasteiger partial charge in [-0.25, -0.2) is 9.97 Å². The molecule has 2 amide bonds. The van der Waals surface area contributed by atoms with Crippen LogP contribution >= 0.6 is 11.6 Å². The molecule has 12 heteroatoms. The van der Waals surface area contributed by atoms with Crippen LogP contribution in [0, 0.1) is 10.1 Å². The van der Waals surface area contributed by atoms with E-state index in [9.17, 15) is 19.7 Å². The Balaban J connectivity index is 1.53. The van der Waals surface area contributed by atoms with Crippen LogP contribution in [0.25, 0.3) is 0 Å². The molecular weight excluding hydrogens is 498 g/mol. The third kappa shape index (κ3) is 5.97. The number of rotatable bonds is 9. The number of benzene rings is 3. The number of nitrogens with zero attached hydrogens (tertiary/aromatic N) is 3. The second-order valence-corrected chi connectivity index (χ2v) is 8.01. The molecule has 0 bridgehead atoms. The number of nitrogens with one attached hydrogen (secondary N) is 4. The predicted molar refractivity (Wildman–Crippen MR) is 138 cm³/mol. The fourth-order valence-corrected chi connectivity index (χ4v) is 3.76. The van der Waals surface area contributed by atoms with Crippen molar-refractivity contribution in [2.75, 3.05) is 10.9 Å². The summed E-state index contributed by atoms with van der Waals surface area (Å²) in [6, 6.07) is 24.5. The fraction of sp³-hybridized carbons (Fsp3) is 0.0400. The molecule has 0 radical (unpaired) electrons. The number of hydrazine groups is 2. The summed E-state index contributed by atoms with van der Waals surface area (Å²) in [5.41, 5.74) is 10.8. The molecule has 0 atom stereocenters. The highest BCUT2D eigenvalue weighted by Crippen LogP contribution is 2.29. The van der Waals surface area contributed by atoms with Crippen molar-refractivity contribution in [3.8, 4) is 0 Å². The Morgan fingerprint density at radius 3 is 1.84 bits per heavy atom. The third-order valence-electron chi connectivity index (χ3n) is 5.25. The van der Waals surface area contributed by atoms with E-state index in [4.69, 9.17) is 11.6 Å². The molecule has 4 aromatic rings. The summed E-state index contributed by atoms with van der Waals surface area (Å²) in [5, 5.41) is 12.0. The van der Waals surface area contributed by atoms with E-state index in [1.807, 2.05) is 60.7 Å². The minimum atomic E-state index is -0.746. The molecule has 186 valence electrons. The molecular formula is C25H20ClN7O4. The molecule has 0 aliphatic rings. The van der Waals surface area contributed by atoms with Crippen LogP contribution in [0.1, 0.15) is 27.4 Å². The summed E-state index contributed by atoms with van der Waals surface area (Å²) in [6.45, 7) is 0. The predicted octanol–water partition coefficient (Wildman–Crippen LogP) is 4.07. The molecule has 37 heavy (non-hydrogen) atoms. The quantitative estimate of drug-likeness (QED) is 0.191. The van der Waals surface area contributed by atoms with Crippen LogP contribution in [0.4, 0.5) is 17.3 Å². The number of nitro groups is 1. The molecule has 0 fully saturated rings. The van der Waals surface area contributed by atoms with Crippen LogP contribution in [0.3, 0.4) is 0 Å². The lowest BCUT2D eigenvalue weighted by Crippen LogP contribution is -2.35. The van der Waals surface area contributed by atoms with Crippen molar-refractivity contribution in [3.63, 3.8) is 0 Å². The summed E-state index contributed by atoms with van der Waals surface area (Å²) >= 11 is 6.02. The molecule has 0 aliphatic carbocycles. The van der Waals surface area contributed by atoms with Gasteiger partial charge in [-0.15, -0.1) is 0 Å². The Morgan fingerprint density at radius 1 is 0.784 bits per heavy atom. The minimum Gasteiger partial charge on any atom is -0.276 e. The van der Waals surface area contributed by atoms with E-state index in [-0.39, 0.29) is 22.2 Å². The van der Waals surface area contributed by atoms with Crippen molar-refractivity contribution in [3.05, 3.63) is 123 Å². The molecule has 0 saturated heterocycles. The molecule has 1 heterocycles. The maximum atomic E-state index is 13.2. The first-order valence-electron chi connectivity index (χ1n) is 10.9. The van der Waals surface area contributed by atoms with E-state index in [0.29, 0.717) is 0 Å². The lowest BCUT2D eigenvalue weighted by Gasteiger charge is -2.18. The maximum Gasteiger partial charge on any atom is 0.356 e. The molecule has 11 nitrogen and oxygen atoms in total. The molecule has 1 aromatic heterocycles. The van der Waals surface area contributed by atoms with Crippen molar-refractivity contribution >= 4 is 40.7 Å². The van der Waals surface area contributed by atoms with E-state index in [0.717, 1.165) is 17.5 Å². The zero-order valence-electron chi connectivity index (χ0n) is 19.1. The fourth-order valence-electron chi connectivity index (χ4n) is 3.54. The maximum absolute atomic E-state index is 13.2. The van der Waals surface area contributed by atoms with Gasteiger partial charge >= 0.3 is 5.69 Å². The van der Waals surface area contributed by atoms with Crippen LogP contribution < -0.4 is 21.7 Å². The van der Waals surface area contributed by atoms with Crippen molar-refractivity contribution in [2.24, 2.45) is 0 Å². The number of carbonyl (C=O) groups excluding carboxylic acids is 2. The van der Waals surface area contributed by atoms with Crippen LogP contribution in [0.2, 0.25) is 5.02 Å². The van der Waals surface area contributed by atoms with E-state index < -0.39 is 28.3 Å². The molecule has 0 unspecified atom stereocenters. The first kappa shape index (κ1) is 25.1. The second-order valence-electron chi connectivity index (χ2n) is 7.60. The number of hydrogen-bond donors (Lipinski definition) is 4. The number of hydrogen-bond acceptors (Lipinski definition) is 8. The average Bonchev–Trinajstić information content (AvgIpc) is 2.92. The van der Waals surface area contributed by atoms with Crippen LogP contribution in [0.15, 0.2) is 91.3 Å². The summed E-state index contributed by atoms with van der Waals surface area (Å²) in [7, 11) is 0. The van der Waals surface area contributed by atoms with Crippen molar-refractivity contribution in [1.29, 1.82) is 0 Å². The van der Waals surface area contributed by atoms with Crippen molar-refractivity contribution in [1.82, 2.24) is 20.8 Å². The van der Waals surface area contributed by atoms with Gasteiger partial charge in [-0.05, 0) is 23.3 Å². The average molecular weight is 518 g/mol. The zero-order chi connectivity index (χ0) is 26.2. The largest absolute Gasteiger partial charge is 0.356 e. The van der Waals surface area contributed by atoms with Gasteiger partial charge in [-0.3, -0.25) is 41.4 Å². The SMILES string of the molecule is O=C(NNc1ncnc(NNC(=O)C(c2ccccc2)c2ccccc2)c1[N+](=O)[O-])c1ccccc1Cl. The normalized spacial score (nSPS) is 10.4. The monoisotopic (exact) mass is 517 g/mol. The summed E-state index contributed by atoms with van der Waals surface area (Å²) < 4.78 is 0. The highest BCUT2D eigenvalue weighted by molar-refractivity contribution is 6.33. The molecule has 3 aromatic carbocycles. The zero-order valence-corrected chi connectivity index (χ0v) is 19.8. The van der Waals surface area contributed by atoms with Gasteiger partial charge < -0.3 is 0 Å². The Morgan fingerprint density at radius 2 is 1.30 bits per heavy atom. The molecule has 4 N–H and O–H groups in total. The highest BCUT2D eigenvalue weighted by Gasteiger charge is 2.27. The van der Waals surface area contributed by atoms with E-state index in [1.165, 1.54) is 12.1 Å². The van der Waals surface area contributed by atoms with Gasteiger partial charge in [0, 0.05) is 0 Å². The standard InChI is InChI=1S/C25H20ClN7O4/c26-19-14-8-7-13-18(19)24(34)31-29-22-21(33(36)37)23(28-15-27-22)30-32-25(35)20(16-9-3-1-4-10-16)17-11-5-2-6-12-17/h1-15,20H,(H,31,34)(H,32,35)(H2,27,28,29,30). The third-order valence-corrected chi connectivity index (χ3v) is 5.58. The van der Waals surface area contributed by atoms with Gasteiger partial charge in [0.15, 0.2) is 0 Å². The van der Waals surface area contributed by atoms with E-state index in [1.54, 1.807) is 12.1 Å². The Bertz CT molecular complexity index is 1380. The van der Waals surface area contributed by atoms with Gasteiger partial charge in [0.1, 0.15) is 6.33 Å². The number of halogens is 1. The molecule has 0 saturated carbocycles. The number of amides is 2. The first-order valence-corrected chi connectivity index (χ1v) is 11.3. The van der Waals surface area contributed by atoms with Crippen LogP contribution in [-0.2, 0) is 4.79 Å². The summed E-state index contributed by atoms with van der Waals surface area (Å²) in [4.78, 5) is 44.4. The lowest BCUT2D eigenvalue weighted by molar-refractivity contribution is -0.383. The summed E-state index contributed by atoms with van der Waals surface area (Å²) in [5.74, 6) is -2.38. The summed E-state index contributed by atoms with van der Waals surface area (Å²) in [6.07, 6.45) is 1.04. The Kier molecular flexibility index (Phi) is 7.86. The van der Waals surface area contributed by atoms with Crippen molar-refractivity contribution < 1.29 is 14.5 Å². The van der Waals surface area contributed by atoms with Gasteiger partial charge in [-0.1, -0.05) is 84.4 Å². The second kappa shape index (κ2) is 11.6. The molecule has 0 aliphatic heterocycles. The molecule has 0 spiro atoms. The van der Waals surface area contributed by atoms with Gasteiger partial charge in [-0.2, -0.15) is 0 Å². The molecule has 4 rings (SSSR count). The smallest absolute Gasteiger partial charge is 0.276 e. The Labute approximate surface area is 216 Å². The van der Waals surface area contributed by atoms with E-state index in [2.05, 4.69) is 31.7 Å². The van der Waals surface area contributed by atoms with E-state index >= 15 is 0 Å². The Hall–Kier alpha value is -5.03. The van der Waals surface area contributed by atoms with Crippen LogP contribution in [0.5, 0.6) is 0 Å². The topological polar surface area (TPSA) is 151 Å². The van der Waals surface area contributed by atoms with Gasteiger partial charge in [0.05, 0.1) is 21.4 Å². The van der Waals surface area contributed by atoms with Gasteiger partial charge in [0.25, 0.3) is 5.91 Å². The van der Waals surface area contributed by atoms with Gasteiger partial charge in [0.2, 0.25) is 17.5 Å². The minimum absolute atomic E-state index is 0.159. The highest BCUT2D eigenvalue weighted by atomic mass is 35.5. The van der Waals surface area contributed by atoms with Crippen LogP contribution in [-0.4, -0.2) is 26.7 Å². The first-order chi connectivity index (χ1) is 18.0.